The number of aryl methyl sites for hydroxylation is 1. The number of amides is 1. The van der Waals surface area contributed by atoms with E-state index in [2.05, 4.69) is 10.4 Å². The summed E-state index contributed by atoms with van der Waals surface area (Å²) in [4.78, 5) is 25.4. The molecular weight excluding hydrogens is 362 g/mol. The minimum absolute atomic E-state index is 0.313. The molecule has 1 N–H and O–H groups in total. The first kappa shape index (κ1) is 18.8. The molecule has 0 saturated heterocycles. The standard InChI is InChI=1S/C20H21N3O3S/c1-14-19(15(2)23(22-14)12-16-7-4-3-5-8-16)20(25)26-13-18(24)21-11-17-9-6-10-27-17/h3-10H,11-13H2,1-2H3,(H,21,24). The van der Waals surface area contributed by atoms with Gasteiger partial charge < -0.3 is 10.1 Å². The molecule has 0 aliphatic heterocycles. The van der Waals surface area contributed by atoms with Crippen LogP contribution in [-0.2, 0) is 22.6 Å². The fourth-order valence-electron chi connectivity index (χ4n) is 2.76. The second-order valence-electron chi connectivity index (χ2n) is 6.12. The number of benzene rings is 1. The van der Waals surface area contributed by atoms with E-state index < -0.39 is 5.97 Å². The quantitative estimate of drug-likeness (QED) is 0.637. The van der Waals surface area contributed by atoms with E-state index in [-0.39, 0.29) is 12.5 Å². The molecule has 27 heavy (non-hydrogen) atoms. The van der Waals surface area contributed by atoms with Crippen molar-refractivity contribution in [3.05, 3.63) is 75.2 Å². The molecule has 0 aliphatic carbocycles. The minimum atomic E-state index is -0.532. The van der Waals surface area contributed by atoms with Gasteiger partial charge in [-0.2, -0.15) is 5.10 Å². The van der Waals surface area contributed by atoms with E-state index in [0.717, 1.165) is 16.1 Å². The summed E-state index contributed by atoms with van der Waals surface area (Å²) in [5.41, 5.74) is 2.82. The van der Waals surface area contributed by atoms with Crippen LogP contribution in [0.4, 0.5) is 0 Å². The Balaban J connectivity index is 1.58. The SMILES string of the molecule is Cc1nn(Cc2ccccc2)c(C)c1C(=O)OCC(=O)NCc1cccs1. The summed E-state index contributed by atoms with van der Waals surface area (Å²) >= 11 is 1.56. The fraction of sp³-hybridized carbons (Fsp3) is 0.250. The average Bonchev–Trinajstić information content (AvgIpc) is 3.27. The van der Waals surface area contributed by atoms with Crippen LogP contribution in [0.3, 0.4) is 0 Å². The fourth-order valence-corrected chi connectivity index (χ4v) is 3.40. The predicted octanol–water partition coefficient (Wildman–Crippen LogP) is 3.08. The Morgan fingerprint density at radius 1 is 1.15 bits per heavy atom. The Morgan fingerprint density at radius 2 is 1.93 bits per heavy atom. The summed E-state index contributed by atoms with van der Waals surface area (Å²) in [6.45, 7) is 4.29. The van der Waals surface area contributed by atoms with E-state index in [1.165, 1.54) is 0 Å². The molecule has 3 aromatic rings. The van der Waals surface area contributed by atoms with Crippen molar-refractivity contribution in [1.29, 1.82) is 0 Å². The maximum Gasteiger partial charge on any atom is 0.342 e. The van der Waals surface area contributed by atoms with E-state index in [4.69, 9.17) is 4.74 Å². The van der Waals surface area contributed by atoms with E-state index in [1.54, 1.807) is 22.9 Å². The maximum atomic E-state index is 12.4. The van der Waals surface area contributed by atoms with Crippen LogP contribution in [0.15, 0.2) is 47.8 Å². The highest BCUT2D eigenvalue weighted by molar-refractivity contribution is 7.09. The van der Waals surface area contributed by atoms with E-state index in [1.807, 2.05) is 54.8 Å². The topological polar surface area (TPSA) is 73.2 Å². The number of hydrogen-bond acceptors (Lipinski definition) is 5. The lowest BCUT2D eigenvalue weighted by atomic mass is 10.2. The lowest BCUT2D eigenvalue weighted by molar-refractivity contribution is -0.124. The molecule has 0 saturated carbocycles. The Hall–Kier alpha value is -2.93. The van der Waals surface area contributed by atoms with Crippen molar-refractivity contribution in [1.82, 2.24) is 15.1 Å². The van der Waals surface area contributed by atoms with Crippen LogP contribution in [0.2, 0.25) is 0 Å². The van der Waals surface area contributed by atoms with E-state index in [0.29, 0.717) is 24.3 Å². The molecule has 6 nitrogen and oxygen atoms in total. The Kier molecular flexibility index (Phi) is 6.03. The van der Waals surface area contributed by atoms with Crippen LogP contribution >= 0.6 is 11.3 Å². The Labute approximate surface area is 161 Å². The Bertz CT molecular complexity index is 918. The number of carbonyl (C=O) groups excluding carboxylic acids is 2. The number of rotatable bonds is 7. The minimum Gasteiger partial charge on any atom is -0.452 e. The summed E-state index contributed by atoms with van der Waals surface area (Å²) in [6, 6.07) is 13.8. The van der Waals surface area contributed by atoms with Crippen molar-refractivity contribution in [2.45, 2.75) is 26.9 Å². The zero-order chi connectivity index (χ0) is 19.2. The van der Waals surface area contributed by atoms with Crippen LogP contribution in [0.5, 0.6) is 0 Å². The third-order valence-corrected chi connectivity index (χ3v) is 5.01. The second kappa shape index (κ2) is 8.64. The van der Waals surface area contributed by atoms with Gasteiger partial charge in [-0.1, -0.05) is 36.4 Å². The first-order valence-electron chi connectivity index (χ1n) is 8.58. The molecule has 0 bridgehead atoms. The van der Waals surface area contributed by atoms with Gasteiger partial charge in [-0.05, 0) is 30.9 Å². The van der Waals surface area contributed by atoms with Crippen molar-refractivity contribution in [2.24, 2.45) is 0 Å². The number of aromatic nitrogens is 2. The number of ether oxygens (including phenoxy) is 1. The maximum absolute atomic E-state index is 12.4. The number of nitrogens with one attached hydrogen (secondary N) is 1. The average molecular weight is 383 g/mol. The molecule has 1 amide bonds. The van der Waals surface area contributed by atoms with Gasteiger partial charge in [0.15, 0.2) is 6.61 Å². The Morgan fingerprint density at radius 3 is 2.63 bits per heavy atom. The molecule has 0 radical (unpaired) electrons. The highest BCUT2D eigenvalue weighted by atomic mass is 32.1. The van der Waals surface area contributed by atoms with Gasteiger partial charge in [-0.25, -0.2) is 4.79 Å². The summed E-state index contributed by atoms with van der Waals surface area (Å²) < 4.78 is 6.96. The highest BCUT2D eigenvalue weighted by Gasteiger charge is 2.21. The number of esters is 1. The highest BCUT2D eigenvalue weighted by Crippen LogP contribution is 2.16. The van der Waals surface area contributed by atoms with Gasteiger partial charge in [0.05, 0.1) is 24.5 Å². The predicted molar refractivity (Wildman–Crippen MR) is 104 cm³/mol. The van der Waals surface area contributed by atoms with E-state index >= 15 is 0 Å². The summed E-state index contributed by atoms with van der Waals surface area (Å²) in [5.74, 6) is -0.862. The molecule has 1 aromatic carbocycles. The molecule has 0 aliphatic rings. The van der Waals surface area contributed by atoms with Crippen LogP contribution in [0.25, 0.3) is 0 Å². The first-order valence-corrected chi connectivity index (χ1v) is 9.46. The summed E-state index contributed by atoms with van der Waals surface area (Å²) in [5, 5.41) is 9.12. The molecule has 0 atom stereocenters. The lowest BCUT2D eigenvalue weighted by Gasteiger charge is -2.07. The smallest absolute Gasteiger partial charge is 0.342 e. The van der Waals surface area contributed by atoms with Gasteiger partial charge in [0, 0.05) is 4.88 Å². The monoisotopic (exact) mass is 383 g/mol. The van der Waals surface area contributed by atoms with Crippen molar-refractivity contribution >= 4 is 23.2 Å². The van der Waals surface area contributed by atoms with Gasteiger partial charge in [0.2, 0.25) is 0 Å². The summed E-state index contributed by atoms with van der Waals surface area (Å²) in [7, 11) is 0. The largest absolute Gasteiger partial charge is 0.452 e. The molecule has 2 aromatic heterocycles. The van der Waals surface area contributed by atoms with Gasteiger partial charge in [-0.15, -0.1) is 11.3 Å². The molecule has 140 valence electrons. The molecule has 0 unspecified atom stereocenters. The van der Waals surface area contributed by atoms with Gasteiger partial charge >= 0.3 is 5.97 Å². The molecule has 2 heterocycles. The zero-order valence-corrected chi connectivity index (χ0v) is 16.1. The first-order chi connectivity index (χ1) is 13.0. The number of hydrogen-bond donors (Lipinski definition) is 1. The summed E-state index contributed by atoms with van der Waals surface area (Å²) in [6.07, 6.45) is 0. The normalized spacial score (nSPS) is 10.6. The molecular formula is C20H21N3O3S. The van der Waals surface area contributed by atoms with Crippen LogP contribution in [0.1, 0.15) is 32.2 Å². The third-order valence-electron chi connectivity index (χ3n) is 4.14. The van der Waals surface area contributed by atoms with Crippen LogP contribution in [-0.4, -0.2) is 28.3 Å². The third kappa shape index (κ3) is 4.83. The molecule has 0 spiro atoms. The lowest BCUT2D eigenvalue weighted by Crippen LogP contribution is -2.28. The van der Waals surface area contributed by atoms with Gasteiger partial charge in [0.1, 0.15) is 5.56 Å². The van der Waals surface area contributed by atoms with Crippen molar-refractivity contribution in [3.63, 3.8) is 0 Å². The van der Waals surface area contributed by atoms with E-state index in [9.17, 15) is 9.59 Å². The zero-order valence-electron chi connectivity index (χ0n) is 15.3. The van der Waals surface area contributed by atoms with Crippen molar-refractivity contribution in [3.8, 4) is 0 Å². The van der Waals surface area contributed by atoms with Crippen molar-refractivity contribution < 1.29 is 14.3 Å². The van der Waals surface area contributed by atoms with Gasteiger partial charge in [-0.3, -0.25) is 9.48 Å². The van der Waals surface area contributed by atoms with Gasteiger partial charge in [0.25, 0.3) is 5.91 Å². The second-order valence-corrected chi connectivity index (χ2v) is 7.15. The molecule has 7 heteroatoms. The van der Waals surface area contributed by atoms with Crippen molar-refractivity contribution in [2.75, 3.05) is 6.61 Å². The number of nitrogens with zero attached hydrogens (tertiary/aromatic N) is 2. The van der Waals surface area contributed by atoms with Crippen LogP contribution < -0.4 is 5.32 Å². The number of carbonyl (C=O) groups is 2. The van der Waals surface area contributed by atoms with Crippen LogP contribution in [0, 0.1) is 13.8 Å². The molecule has 3 rings (SSSR count). The molecule has 0 fully saturated rings. The number of thiophene rings is 1.